The van der Waals surface area contributed by atoms with Gasteiger partial charge in [0.1, 0.15) is 10.8 Å². The fourth-order valence-electron chi connectivity index (χ4n) is 2.64. The van der Waals surface area contributed by atoms with Gasteiger partial charge in [-0.25, -0.2) is 4.39 Å². The summed E-state index contributed by atoms with van der Waals surface area (Å²) >= 11 is 7.13. The van der Waals surface area contributed by atoms with Gasteiger partial charge in [-0.15, -0.1) is 10.2 Å². The molecule has 0 radical (unpaired) electrons. The molecule has 0 aliphatic carbocycles. The minimum absolute atomic E-state index is 0.0137. The van der Waals surface area contributed by atoms with Gasteiger partial charge in [0, 0.05) is 18.5 Å². The van der Waals surface area contributed by atoms with Crippen molar-refractivity contribution in [2.75, 3.05) is 11.9 Å². The molecule has 2 amide bonds. The van der Waals surface area contributed by atoms with Crippen molar-refractivity contribution < 1.29 is 14.0 Å². The maximum atomic E-state index is 13.1. The zero-order valence-corrected chi connectivity index (χ0v) is 18.0. The van der Waals surface area contributed by atoms with Crippen LogP contribution in [0.5, 0.6) is 0 Å². The van der Waals surface area contributed by atoms with Crippen molar-refractivity contribution in [2.45, 2.75) is 26.2 Å². The third-order valence-electron chi connectivity index (χ3n) is 4.31. The predicted octanol–water partition coefficient (Wildman–Crippen LogP) is 4.88. The van der Waals surface area contributed by atoms with Gasteiger partial charge < -0.3 is 10.6 Å². The molecule has 156 valence electrons. The lowest BCUT2D eigenvalue weighted by atomic mass is 10.0. The number of amides is 2. The molecule has 9 heteroatoms. The zero-order chi connectivity index (χ0) is 21.7. The largest absolute Gasteiger partial charge is 0.351 e. The summed E-state index contributed by atoms with van der Waals surface area (Å²) in [5, 5.41) is 14.5. The lowest BCUT2D eigenvalue weighted by molar-refractivity contribution is -0.116. The Hall–Kier alpha value is -2.84. The summed E-state index contributed by atoms with van der Waals surface area (Å²) in [6.45, 7) is 4.36. The summed E-state index contributed by atoms with van der Waals surface area (Å²) in [6.07, 6.45) is 0.0442. The summed E-state index contributed by atoms with van der Waals surface area (Å²) in [7, 11) is 0. The molecule has 2 aromatic carbocycles. The lowest BCUT2D eigenvalue weighted by Crippen LogP contribution is -2.27. The highest BCUT2D eigenvalue weighted by molar-refractivity contribution is 7.18. The molecule has 0 spiro atoms. The van der Waals surface area contributed by atoms with Crippen molar-refractivity contribution >= 4 is 39.9 Å². The number of hydrogen-bond acceptors (Lipinski definition) is 5. The molecule has 0 atom stereocenters. The predicted molar refractivity (Wildman–Crippen MR) is 116 cm³/mol. The normalized spacial score (nSPS) is 10.8. The monoisotopic (exact) mass is 446 g/mol. The van der Waals surface area contributed by atoms with Gasteiger partial charge in [-0.1, -0.05) is 61.1 Å². The number of anilines is 1. The maximum Gasteiger partial charge on any atom is 0.252 e. The van der Waals surface area contributed by atoms with Crippen LogP contribution in [-0.2, 0) is 4.79 Å². The molecule has 2 N–H and O–H groups in total. The Kier molecular flexibility index (Phi) is 7.12. The number of nitrogens with zero attached hydrogens (tertiary/aromatic N) is 2. The second-order valence-electron chi connectivity index (χ2n) is 6.87. The van der Waals surface area contributed by atoms with E-state index in [-0.39, 0.29) is 29.5 Å². The average molecular weight is 447 g/mol. The van der Waals surface area contributed by atoms with Crippen LogP contribution in [0.3, 0.4) is 0 Å². The van der Waals surface area contributed by atoms with Gasteiger partial charge in [0.25, 0.3) is 5.91 Å². The Morgan fingerprint density at radius 1 is 1.13 bits per heavy atom. The molecule has 1 aromatic heterocycles. The minimum atomic E-state index is -0.525. The number of hydrogen-bond donors (Lipinski definition) is 2. The van der Waals surface area contributed by atoms with E-state index in [4.69, 9.17) is 11.6 Å². The van der Waals surface area contributed by atoms with E-state index in [0.717, 1.165) is 17.7 Å². The van der Waals surface area contributed by atoms with Crippen LogP contribution in [0.1, 0.15) is 42.1 Å². The molecule has 30 heavy (non-hydrogen) atoms. The summed E-state index contributed by atoms with van der Waals surface area (Å²) in [6, 6.07) is 11.6. The highest BCUT2D eigenvalue weighted by Crippen LogP contribution is 2.27. The molecule has 0 unspecified atom stereocenters. The van der Waals surface area contributed by atoms with Crippen LogP contribution in [0.4, 0.5) is 9.52 Å². The minimum Gasteiger partial charge on any atom is -0.351 e. The molecular formula is C21H20ClFN4O2S. The summed E-state index contributed by atoms with van der Waals surface area (Å²) in [4.78, 5) is 24.2. The molecule has 3 rings (SSSR count). The number of nitrogens with one attached hydrogen (secondary N) is 2. The van der Waals surface area contributed by atoms with Gasteiger partial charge >= 0.3 is 0 Å². The molecular weight excluding hydrogens is 427 g/mol. The quantitative estimate of drug-likeness (QED) is 0.541. The van der Waals surface area contributed by atoms with E-state index in [9.17, 15) is 14.0 Å². The fourth-order valence-corrected chi connectivity index (χ4v) is 3.66. The summed E-state index contributed by atoms with van der Waals surface area (Å²) in [5.74, 6) is -0.861. The Morgan fingerprint density at radius 2 is 1.87 bits per heavy atom. The SMILES string of the molecule is CC(C)c1ccc(-c2nnc(NC(=O)CCNC(=O)c3ccc(F)cc3Cl)s2)cc1. The van der Waals surface area contributed by atoms with E-state index in [1.165, 1.54) is 23.0 Å². The van der Waals surface area contributed by atoms with E-state index in [2.05, 4.69) is 46.8 Å². The molecule has 0 aliphatic rings. The van der Waals surface area contributed by atoms with Crippen LogP contribution in [0.15, 0.2) is 42.5 Å². The van der Waals surface area contributed by atoms with Crippen LogP contribution in [0.2, 0.25) is 5.02 Å². The standard InChI is InChI=1S/C21H20ClFN4O2S/c1-12(2)13-3-5-14(6-4-13)20-26-27-21(30-20)25-18(28)9-10-24-19(29)16-8-7-15(23)11-17(16)22/h3-8,11-12H,9-10H2,1-2H3,(H,24,29)(H,25,27,28). The molecule has 0 saturated heterocycles. The second-order valence-corrected chi connectivity index (χ2v) is 8.25. The van der Waals surface area contributed by atoms with E-state index >= 15 is 0 Å². The highest BCUT2D eigenvalue weighted by Gasteiger charge is 2.13. The zero-order valence-electron chi connectivity index (χ0n) is 16.4. The van der Waals surface area contributed by atoms with Crippen LogP contribution in [0.25, 0.3) is 10.6 Å². The second kappa shape index (κ2) is 9.77. The van der Waals surface area contributed by atoms with E-state index in [1.54, 1.807) is 0 Å². The lowest BCUT2D eigenvalue weighted by Gasteiger charge is -2.06. The molecule has 0 aliphatic heterocycles. The number of carbonyl (C=O) groups is 2. The topological polar surface area (TPSA) is 84.0 Å². The molecule has 0 fully saturated rings. The van der Waals surface area contributed by atoms with Crippen molar-refractivity contribution in [3.05, 3.63) is 64.4 Å². The first-order valence-corrected chi connectivity index (χ1v) is 10.5. The fraction of sp³-hybridized carbons (Fsp3) is 0.238. The van der Waals surface area contributed by atoms with Crippen molar-refractivity contribution in [3.63, 3.8) is 0 Å². The third-order valence-corrected chi connectivity index (χ3v) is 5.51. The van der Waals surface area contributed by atoms with Crippen LogP contribution in [0, 0.1) is 5.82 Å². The smallest absolute Gasteiger partial charge is 0.252 e. The number of carbonyl (C=O) groups excluding carboxylic acids is 2. The van der Waals surface area contributed by atoms with Crippen LogP contribution in [-0.4, -0.2) is 28.6 Å². The van der Waals surface area contributed by atoms with Crippen LogP contribution < -0.4 is 10.6 Å². The van der Waals surface area contributed by atoms with Gasteiger partial charge in [-0.3, -0.25) is 9.59 Å². The van der Waals surface area contributed by atoms with Gasteiger partial charge in [0.15, 0.2) is 0 Å². The number of benzene rings is 2. The van der Waals surface area contributed by atoms with Crippen molar-refractivity contribution in [2.24, 2.45) is 0 Å². The van der Waals surface area contributed by atoms with Crippen molar-refractivity contribution in [3.8, 4) is 10.6 Å². The van der Waals surface area contributed by atoms with Crippen LogP contribution >= 0.6 is 22.9 Å². The first kappa shape index (κ1) is 21.9. The Balaban J connectivity index is 1.50. The Labute approximate surface area is 182 Å². The Morgan fingerprint density at radius 3 is 2.53 bits per heavy atom. The number of aromatic nitrogens is 2. The Bertz CT molecular complexity index is 1050. The van der Waals surface area contributed by atoms with Gasteiger partial charge in [0.05, 0.1) is 10.6 Å². The maximum absolute atomic E-state index is 13.1. The molecule has 6 nitrogen and oxygen atoms in total. The third kappa shape index (κ3) is 5.61. The molecule has 3 aromatic rings. The first-order valence-electron chi connectivity index (χ1n) is 9.30. The summed E-state index contributed by atoms with van der Waals surface area (Å²) in [5.41, 5.74) is 2.32. The van der Waals surface area contributed by atoms with Gasteiger partial charge in [0.2, 0.25) is 11.0 Å². The number of rotatable bonds is 7. The first-order chi connectivity index (χ1) is 14.3. The van der Waals surface area contributed by atoms with E-state index < -0.39 is 11.7 Å². The van der Waals surface area contributed by atoms with Gasteiger partial charge in [-0.05, 0) is 29.7 Å². The molecule has 1 heterocycles. The van der Waals surface area contributed by atoms with Crippen molar-refractivity contribution in [1.82, 2.24) is 15.5 Å². The molecule has 0 saturated carbocycles. The summed E-state index contributed by atoms with van der Waals surface area (Å²) < 4.78 is 13.1. The van der Waals surface area contributed by atoms with Gasteiger partial charge in [-0.2, -0.15) is 0 Å². The van der Waals surface area contributed by atoms with E-state index in [0.29, 0.717) is 16.1 Å². The molecule has 0 bridgehead atoms. The number of halogens is 2. The highest BCUT2D eigenvalue weighted by atomic mass is 35.5. The van der Waals surface area contributed by atoms with E-state index in [1.807, 2.05) is 12.1 Å². The van der Waals surface area contributed by atoms with Crippen molar-refractivity contribution in [1.29, 1.82) is 0 Å². The average Bonchev–Trinajstić information content (AvgIpc) is 3.16.